The molecule has 196 valence electrons. The average molecular weight is 499 g/mol. The number of amides is 1. The molecule has 0 spiro atoms. The topological polar surface area (TPSA) is 106 Å². The zero-order valence-electron chi connectivity index (χ0n) is 21.8. The van der Waals surface area contributed by atoms with Gasteiger partial charge in [0.05, 0.1) is 37.3 Å². The molecule has 0 heterocycles. The summed E-state index contributed by atoms with van der Waals surface area (Å²) in [4.78, 5) is 23.8. The minimum absolute atomic E-state index is 0.0155. The second-order valence-corrected chi connectivity index (χ2v) is 9.83. The summed E-state index contributed by atoms with van der Waals surface area (Å²) in [5.74, 6) is 1.41. The van der Waals surface area contributed by atoms with Gasteiger partial charge >= 0.3 is 5.97 Å². The first-order valence-electron chi connectivity index (χ1n) is 12.4. The first-order valence-corrected chi connectivity index (χ1v) is 12.4. The van der Waals surface area contributed by atoms with Crippen LogP contribution < -0.4 is 20.1 Å². The van der Waals surface area contributed by atoms with Crippen LogP contribution in [0.25, 0.3) is 0 Å². The van der Waals surface area contributed by atoms with Crippen LogP contribution in [0, 0.1) is 17.8 Å². The molecule has 1 saturated carbocycles. The van der Waals surface area contributed by atoms with Crippen molar-refractivity contribution in [1.29, 1.82) is 0 Å². The summed E-state index contributed by atoms with van der Waals surface area (Å²) in [6, 6.07) is 10.1. The van der Waals surface area contributed by atoms with Crippen LogP contribution in [0.3, 0.4) is 0 Å². The summed E-state index contributed by atoms with van der Waals surface area (Å²) in [7, 11) is 3.10. The molecule has 0 bridgehead atoms. The standard InChI is InChI=1S/C28H38N2O6/c1-17(2)21-11-6-18(3)12-24(21)36-16-27(31)30-23-14-25(34-4)22(13-26(23)35-5)29-15-19-7-9-20(10-8-19)28(32)33/h7-10,13-14,17-18,21,24,29H,6,11-12,15-16H2,1-5H3,(H,30,31)(H,32,33). The highest BCUT2D eigenvalue weighted by Crippen LogP contribution is 2.37. The molecule has 1 fully saturated rings. The van der Waals surface area contributed by atoms with Gasteiger partial charge in [0, 0.05) is 18.7 Å². The molecule has 0 radical (unpaired) electrons. The molecule has 3 rings (SSSR count). The Bertz CT molecular complexity index is 1040. The van der Waals surface area contributed by atoms with Gasteiger partial charge in [0.15, 0.2) is 0 Å². The van der Waals surface area contributed by atoms with Crippen molar-refractivity contribution >= 4 is 23.3 Å². The zero-order valence-corrected chi connectivity index (χ0v) is 21.8. The third-order valence-corrected chi connectivity index (χ3v) is 6.87. The van der Waals surface area contributed by atoms with Crippen LogP contribution >= 0.6 is 0 Å². The van der Waals surface area contributed by atoms with E-state index >= 15 is 0 Å². The lowest BCUT2D eigenvalue weighted by Crippen LogP contribution is -2.36. The van der Waals surface area contributed by atoms with E-state index in [4.69, 9.17) is 19.3 Å². The van der Waals surface area contributed by atoms with Gasteiger partial charge < -0.3 is 30.0 Å². The predicted octanol–water partition coefficient (Wildman–Crippen LogP) is 5.43. The van der Waals surface area contributed by atoms with Crippen molar-refractivity contribution in [2.45, 2.75) is 52.7 Å². The first kappa shape index (κ1) is 27.3. The Balaban J connectivity index is 1.65. The lowest BCUT2D eigenvalue weighted by atomic mass is 9.75. The molecular weight excluding hydrogens is 460 g/mol. The molecule has 2 aromatic carbocycles. The minimum Gasteiger partial charge on any atom is -0.495 e. The molecule has 1 aliphatic carbocycles. The van der Waals surface area contributed by atoms with Gasteiger partial charge in [-0.3, -0.25) is 4.79 Å². The molecule has 1 aliphatic rings. The normalized spacial score (nSPS) is 19.6. The highest BCUT2D eigenvalue weighted by molar-refractivity contribution is 5.94. The number of aromatic carboxylic acids is 1. The van der Waals surface area contributed by atoms with Crippen molar-refractivity contribution in [3.8, 4) is 11.5 Å². The number of hydrogen-bond acceptors (Lipinski definition) is 6. The van der Waals surface area contributed by atoms with E-state index in [1.807, 2.05) is 0 Å². The summed E-state index contributed by atoms with van der Waals surface area (Å²) in [5, 5.41) is 15.2. The number of methoxy groups -OCH3 is 2. The van der Waals surface area contributed by atoms with E-state index in [9.17, 15) is 9.59 Å². The smallest absolute Gasteiger partial charge is 0.335 e. The zero-order chi connectivity index (χ0) is 26.2. The number of carboxylic acids is 1. The fourth-order valence-corrected chi connectivity index (χ4v) is 4.77. The fraction of sp³-hybridized carbons (Fsp3) is 0.500. The minimum atomic E-state index is -0.961. The summed E-state index contributed by atoms with van der Waals surface area (Å²) in [6.07, 6.45) is 3.41. The summed E-state index contributed by atoms with van der Waals surface area (Å²) < 4.78 is 17.1. The van der Waals surface area contributed by atoms with Crippen LogP contribution in [-0.2, 0) is 16.1 Å². The molecule has 8 heteroatoms. The average Bonchev–Trinajstić information content (AvgIpc) is 2.86. The van der Waals surface area contributed by atoms with E-state index in [1.54, 1.807) is 50.6 Å². The van der Waals surface area contributed by atoms with E-state index < -0.39 is 5.97 Å². The molecule has 1 amide bonds. The van der Waals surface area contributed by atoms with Crippen LogP contribution in [0.5, 0.6) is 11.5 Å². The number of carboxylic acid groups (broad SMARTS) is 1. The molecule has 2 aromatic rings. The predicted molar refractivity (Wildman–Crippen MR) is 140 cm³/mol. The Morgan fingerprint density at radius 1 is 1.03 bits per heavy atom. The lowest BCUT2D eigenvalue weighted by molar-refractivity contribution is -0.126. The van der Waals surface area contributed by atoms with Crippen LogP contribution in [0.1, 0.15) is 56.0 Å². The third kappa shape index (κ3) is 7.13. The number of anilines is 2. The SMILES string of the molecule is COc1cc(NC(=O)COC2CC(C)CCC2C(C)C)c(OC)cc1NCc1ccc(C(=O)O)cc1. The lowest BCUT2D eigenvalue weighted by Gasteiger charge is -2.37. The number of nitrogens with one attached hydrogen (secondary N) is 2. The monoisotopic (exact) mass is 498 g/mol. The van der Waals surface area contributed by atoms with E-state index in [2.05, 4.69) is 31.4 Å². The number of carbonyl (C=O) groups is 2. The number of rotatable bonds is 11. The van der Waals surface area contributed by atoms with Crippen molar-refractivity contribution < 1.29 is 28.9 Å². The molecule has 0 aromatic heterocycles. The molecular formula is C28H38N2O6. The maximum Gasteiger partial charge on any atom is 0.335 e. The van der Waals surface area contributed by atoms with Gasteiger partial charge in [0.1, 0.15) is 18.1 Å². The second-order valence-electron chi connectivity index (χ2n) is 9.83. The Hall–Kier alpha value is -3.26. The molecule has 36 heavy (non-hydrogen) atoms. The van der Waals surface area contributed by atoms with Crippen LogP contribution in [0.15, 0.2) is 36.4 Å². The van der Waals surface area contributed by atoms with Gasteiger partial charge in [-0.15, -0.1) is 0 Å². The van der Waals surface area contributed by atoms with Gasteiger partial charge in [0.2, 0.25) is 5.91 Å². The Morgan fingerprint density at radius 3 is 2.28 bits per heavy atom. The summed E-state index contributed by atoms with van der Waals surface area (Å²) >= 11 is 0. The number of benzene rings is 2. The van der Waals surface area contributed by atoms with Crippen molar-refractivity contribution in [3.63, 3.8) is 0 Å². The Kier molecular flexibility index (Phi) is 9.58. The van der Waals surface area contributed by atoms with Gasteiger partial charge in [0.25, 0.3) is 0 Å². The molecule has 8 nitrogen and oxygen atoms in total. The highest BCUT2D eigenvalue weighted by atomic mass is 16.5. The third-order valence-electron chi connectivity index (χ3n) is 6.87. The van der Waals surface area contributed by atoms with Gasteiger partial charge in [-0.2, -0.15) is 0 Å². The van der Waals surface area contributed by atoms with Crippen LogP contribution in [0.2, 0.25) is 0 Å². The molecule has 0 aliphatic heterocycles. The Labute approximate surface area is 213 Å². The van der Waals surface area contributed by atoms with E-state index in [-0.39, 0.29) is 24.2 Å². The fourth-order valence-electron chi connectivity index (χ4n) is 4.77. The maximum absolute atomic E-state index is 12.8. The molecule has 3 unspecified atom stereocenters. The van der Waals surface area contributed by atoms with E-state index in [0.29, 0.717) is 47.2 Å². The van der Waals surface area contributed by atoms with Crippen LogP contribution in [-0.4, -0.2) is 43.9 Å². The largest absolute Gasteiger partial charge is 0.495 e. The number of ether oxygens (including phenoxy) is 3. The number of hydrogen-bond donors (Lipinski definition) is 3. The van der Waals surface area contributed by atoms with Crippen molar-refractivity contribution in [2.75, 3.05) is 31.5 Å². The van der Waals surface area contributed by atoms with Gasteiger partial charge in [-0.05, 0) is 48.3 Å². The number of carbonyl (C=O) groups excluding carboxylic acids is 1. The van der Waals surface area contributed by atoms with Crippen molar-refractivity contribution in [2.24, 2.45) is 17.8 Å². The summed E-state index contributed by atoms with van der Waals surface area (Å²) in [5.41, 5.74) is 2.32. The highest BCUT2D eigenvalue weighted by Gasteiger charge is 2.31. The Morgan fingerprint density at radius 2 is 1.67 bits per heavy atom. The molecule has 3 N–H and O–H groups in total. The quantitative estimate of drug-likeness (QED) is 0.379. The van der Waals surface area contributed by atoms with Crippen LogP contribution in [0.4, 0.5) is 11.4 Å². The second kappa shape index (κ2) is 12.6. The molecule has 0 saturated heterocycles. The first-order chi connectivity index (χ1) is 17.2. The van der Waals surface area contributed by atoms with Crippen molar-refractivity contribution in [3.05, 3.63) is 47.5 Å². The van der Waals surface area contributed by atoms with E-state index in [1.165, 1.54) is 6.42 Å². The maximum atomic E-state index is 12.8. The van der Waals surface area contributed by atoms with Crippen molar-refractivity contribution in [1.82, 2.24) is 0 Å². The van der Waals surface area contributed by atoms with Gasteiger partial charge in [-0.25, -0.2) is 4.79 Å². The molecule has 3 atom stereocenters. The van der Waals surface area contributed by atoms with E-state index in [0.717, 1.165) is 18.4 Å². The van der Waals surface area contributed by atoms with Gasteiger partial charge in [-0.1, -0.05) is 39.3 Å². The summed E-state index contributed by atoms with van der Waals surface area (Å²) in [6.45, 7) is 7.11.